The van der Waals surface area contributed by atoms with Gasteiger partial charge in [0.2, 0.25) is 0 Å². The number of phosphoric acid groups is 3. The number of ether oxygens (including phenoxy) is 1. The fraction of sp³-hybridized carbons (Fsp3) is 1.00. The molecule has 27 heavy (non-hydrogen) atoms. The van der Waals surface area contributed by atoms with Gasteiger partial charge in [0.25, 0.3) is 0 Å². The van der Waals surface area contributed by atoms with Crippen molar-refractivity contribution in [3.8, 4) is 0 Å². The number of hydrogen-bond donors (Lipinski definition) is 7. The van der Waals surface area contributed by atoms with Gasteiger partial charge in [0.05, 0.1) is 6.61 Å². The van der Waals surface area contributed by atoms with Crippen LogP contribution in [0.2, 0.25) is 0 Å². The van der Waals surface area contributed by atoms with Crippen LogP contribution in [0.4, 0.5) is 0 Å². The second-order valence-corrected chi connectivity index (χ2v) is 7.90. The Morgan fingerprint density at radius 3 is 1.59 bits per heavy atom. The van der Waals surface area contributed by atoms with Crippen LogP contribution in [-0.2, 0) is 31.8 Å². The van der Waals surface area contributed by atoms with Gasteiger partial charge >= 0.3 is 171 Å². The molecule has 0 aromatic rings. The Labute approximate surface area is 264 Å². The molecular weight excluding hydrogens is 492 g/mol. The maximum atomic E-state index is 11.3. The summed E-state index contributed by atoms with van der Waals surface area (Å²) in [6.07, 6.45) is -7.59. The molecule has 0 aromatic heterocycles. The molecule has 1 aliphatic heterocycles. The summed E-state index contributed by atoms with van der Waals surface area (Å²) in [6.45, 7) is -0.878. The van der Waals surface area contributed by atoms with Gasteiger partial charge in [-0.25, -0.2) is 13.7 Å². The molecule has 0 aromatic carbocycles. The number of phosphoric ester groups is 2. The van der Waals surface area contributed by atoms with Crippen molar-refractivity contribution >= 4 is 23.5 Å². The molecule has 132 valence electrons. The standard InChI is InChI=1S/C5H13O14P3.5Na/c6-1-2-3(7)4(17-20(8,9)10)5(16-2)18-22(14,15)19-21(11,12)13;;;;;/h2-7H,1H2,(H,14,15)(H2,8,9,10)(H2,11,12,13);;;;;/q;5*+1/t2-,3-,4-,5?;;;;;/m1...../s1. The fourth-order valence-corrected chi connectivity index (χ4v) is 3.70. The molecule has 0 spiro atoms. The van der Waals surface area contributed by atoms with Crippen LogP contribution in [0.3, 0.4) is 0 Å². The van der Waals surface area contributed by atoms with E-state index in [9.17, 15) is 18.8 Å². The average molecular weight is 505 g/mol. The maximum Gasteiger partial charge on any atom is 1.00 e. The summed E-state index contributed by atoms with van der Waals surface area (Å²) in [6, 6.07) is 0. The number of rotatable bonds is 7. The van der Waals surface area contributed by atoms with Gasteiger partial charge in [0.1, 0.15) is 18.3 Å². The largest absolute Gasteiger partial charge is 1.00 e. The molecule has 1 saturated heterocycles. The summed E-state index contributed by atoms with van der Waals surface area (Å²) in [5, 5.41) is 18.5. The van der Waals surface area contributed by atoms with Crippen molar-refractivity contribution < 1.29 is 214 Å². The molecule has 7 N–H and O–H groups in total. The van der Waals surface area contributed by atoms with Crippen molar-refractivity contribution in [2.75, 3.05) is 6.61 Å². The van der Waals surface area contributed by atoms with E-state index in [4.69, 9.17) is 29.6 Å². The van der Waals surface area contributed by atoms with Crippen LogP contribution in [0, 0.1) is 0 Å². The van der Waals surface area contributed by atoms with Gasteiger partial charge in [-0.15, -0.1) is 0 Å². The van der Waals surface area contributed by atoms with Gasteiger partial charge in [0, 0.05) is 0 Å². The zero-order chi connectivity index (χ0) is 17.3. The number of hydrogen-bond acceptors (Lipinski definition) is 9. The Morgan fingerprint density at radius 2 is 1.26 bits per heavy atom. The van der Waals surface area contributed by atoms with E-state index >= 15 is 0 Å². The Morgan fingerprint density at radius 1 is 0.815 bits per heavy atom. The van der Waals surface area contributed by atoms with Crippen molar-refractivity contribution in [2.45, 2.75) is 24.6 Å². The third-order valence-electron chi connectivity index (χ3n) is 2.18. The normalized spacial score (nSPS) is 26.8. The van der Waals surface area contributed by atoms with Crippen LogP contribution < -0.4 is 148 Å². The van der Waals surface area contributed by atoms with Crippen LogP contribution in [0.1, 0.15) is 0 Å². The third-order valence-corrected chi connectivity index (χ3v) is 4.85. The molecule has 5 atom stereocenters. The van der Waals surface area contributed by atoms with Crippen molar-refractivity contribution in [3.63, 3.8) is 0 Å². The molecule has 0 radical (unpaired) electrons. The van der Waals surface area contributed by atoms with Crippen LogP contribution >= 0.6 is 23.5 Å². The Bertz CT molecular complexity index is 539. The van der Waals surface area contributed by atoms with E-state index < -0.39 is 54.7 Å². The van der Waals surface area contributed by atoms with Crippen molar-refractivity contribution in [3.05, 3.63) is 0 Å². The molecule has 14 nitrogen and oxygen atoms in total. The van der Waals surface area contributed by atoms with Gasteiger partial charge in [-0.2, -0.15) is 4.31 Å². The van der Waals surface area contributed by atoms with Gasteiger partial charge in [-0.3, -0.25) is 9.05 Å². The van der Waals surface area contributed by atoms with Crippen LogP contribution in [0.15, 0.2) is 0 Å². The molecule has 22 heteroatoms. The molecule has 0 saturated carbocycles. The first-order valence-corrected chi connectivity index (χ1v) is 9.76. The minimum atomic E-state index is -5.44. The second kappa shape index (κ2) is 17.7. The summed E-state index contributed by atoms with van der Waals surface area (Å²) >= 11 is 0. The molecule has 1 aliphatic rings. The first kappa shape index (κ1) is 42.4. The molecular formula is C5H13Na5O14P3+5. The van der Waals surface area contributed by atoms with Crippen LogP contribution in [-0.4, -0.2) is 65.9 Å². The molecule has 0 bridgehead atoms. The van der Waals surface area contributed by atoms with Crippen molar-refractivity contribution in [1.29, 1.82) is 0 Å². The summed E-state index contributed by atoms with van der Waals surface area (Å²) in [7, 11) is -16.1. The molecule has 0 amide bonds. The van der Waals surface area contributed by atoms with E-state index in [-0.39, 0.29) is 148 Å². The third kappa shape index (κ3) is 17.4. The molecule has 1 heterocycles. The van der Waals surface area contributed by atoms with Crippen LogP contribution in [0.25, 0.3) is 0 Å². The topological polar surface area (TPSA) is 230 Å². The van der Waals surface area contributed by atoms with Gasteiger partial charge in [-0.05, 0) is 0 Å². The minimum absolute atomic E-state index is 0. The van der Waals surface area contributed by atoms with E-state index in [2.05, 4.69) is 18.1 Å². The predicted molar refractivity (Wildman–Crippen MR) is 62.7 cm³/mol. The second-order valence-electron chi connectivity index (χ2n) is 3.92. The Hall–Kier alpha value is 5.25. The smallest absolute Gasteiger partial charge is 0.394 e. The van der Waals surface area contributed by atoms with E-state index in [1.165, 1.54) is 0 Å². The SMILES string of the molecule is O=P(O)(O)O[C@H]1C(OP(=O)(O)OP(=O)(O)O)O[C@H](CO)[C@H]1O.[Na+].[Na+].[Na+].[Na+].[Na+]. The molecule has 0 aliphatic carbocycles. The van der Waals surface area contributed by atoms with Crippen molar-refractivity contribution in [2.24, 2.45) is 0 Å². The average Bonchev–Trinajstić information content (AvgIpc) is 2.51. The zero-order valence-corrected chi connectivity index (χ0v) is 28.0. The summed E-state index contributed by atoms with van der Waals surface area (Å²) < 4.78 is 49.0. The van der Waals surface area contributed by atoms with E-state index in [0.29, 0.717) is 0 Å². The van der Waals surface area contributed by atoms with E-state index in [0.717, 1.165) is 0 Å². The number of aliphatic hydroxyl groups excluding tert-OH is 2. The zero-order valence-electron chi connectivity index (χ0n) is 15.3. The minimum Gasteiger partial charge on any atom is -0.394 e. The van der Waals surface area contributed by atoms with E-state index in [1.54, 1.807) is 0 Å². The Kier molecular flexibility index (Phi) is 27.7. The molecule has 1 fully saturated rings. The Balaban J connectivity index is -0.000000323. The maximum absolute atomic E-state index is 11.3. The summed E-state index contributed by atoms with van der Waals surface area (Å²) in [4.78, 5) is 43.3. The first-order chi connectivity index (χ1) is 9.74. The quantitative estimate of drug-likeness (QED) is 0.126. The first-order valence-electron chi connectivity index (χ1n) is 5.20. The monoisotopic (exact) mass is 505 g/mol. The van der Waals surface area contributed by atoms with Crippen LogP contribution in [0.5, 0.6) is 0 Å². The van der Waals surface area contributed by atoms with Gasteiger partial charge in [0.15, 0.2) is 6.29 Å². The van der Waals surface area contributed by atoms with Gasteiger partial charge in [-0.1, -0.05) is 0 Å². The van der Waals surface area contributed by atoms with Gasteiger partial charge < -0.3 is 39.4 Å². The summed E-state index contributed by atoms with van der Waals surface area (Å²) in [5.74, 6) is 0. The van der Waals surface area contributed by atoms with Crippen molar-refractivity contribution in [1.82, 2.24) is 0 Å². The predicted octanol–water partition coefficient (Wildman–Crippen LogP) is -17.2. The molecule has 2 unspecified atom stereocenters. The molecule has 1 rings (SSSR count). The summed E-state index contributed by atoms with van der Waals surface area (Å²) in [5.41, 5.74) is 0. The van der Waals surface area contributed by atoms with E-state index in [1.807, 2.05) is 0 Å². The fourth-order valence-electron chi connectivity index (χ4n) is 1.49. The number of aliphatic hydroxyl groups is 2.